The van der Waals surface area contributed by atoms with Crippen LogP contribution in [0.15, 0.2) is 54.9 Å². The first-order chi connectivity index (χ1) is 17.0. The molecule has 0 fully saturated rings. The first kappa shape index (κ1) is 22.6. The predicted molar refractivity (Wildman–Crippen MR) is 127 cm³/mol. The van der Waals surface area contributed by atoms with Gasteiger partial charge in [-0.2, -0.15) is 0 Å². The third-order valence-corrected chi connectivity index (χ3v) is 6.81. The van der Waals surface area contributed by atoms with E-state index in [1.807, 2.05) is 36.4 Å². The predicted octanol–water partition coefficient (Wildman–Crippen LogP) is 3.06. The highest BCUT2D eigenvalue weighted by Crippen LogP contribution is 2.44. The van der Waals surface area contributed by atoms with Crippen molar-refractivity contribution in [3.63, 3.8) is 0 Å². The van der Waals surface area contributed by atoms with Gasteiger partial charge in [0, 0.05) is 12.3 Å². The number of carbonyl (C=O) groups excluding carboxylic acids is 2. The normalized spacial score (nSPS) is 17.2. The minimum absolute atomic E-state index is 0.0913. The highest BCUT2D eigenvalue weighted by molar-refractivity contribution is 5.89. The standard InChI is InChI=1S/C26H26N4O5/c1-2-20(24(31)30-12-22-21(27-14-28-22)11-23(30)25(32)33)29-26(34)35-13-19-17-9-5-3-7-15(17)16-8-4-6-10-18(16)19/h3-10,14,19-20,23H,2,11-13H2,1H3,(H,27,28)(H,29,34)(H,32,33)/t20-,23?/m0/s1. The van der Waals surface area contributed by atoms with Crippen LogP contribution in [-0.2, 0) is 27.3 Å². The molecule has 1 aliphatic carbocycles. The smallest absolute Gasteiger partial charge is 0.407 e. The van der Waals surface area contributed by atoms with Gasteiger partial charge in [-0.3, -0.25) is 4.79 Å². The zero-order valence-corrected chi connectivity index (χ0v) is 19.2. The van der Waals surface area contributed by atoms with E-state index in [1.165, 1.54) is 11.2 Å². The number of ether oxygens (including phenoxy) is 1. The SMILES string of the molecule is CC[C@H](NC(=O)OCC1c2ccccc2-c2ccccc21)C(=O)N1Cc2[nH]cnc2CC1C(=O)O. The van der Waals surface area contributed by atoms with Gasteiger partial charge in [-0.15, -0.1) is 0 Å². The third kappa shape index (κ3) is 4.14. The molecule has 1 unspecified atom stereocenters. The number of benzene rings is 2. The number of aromatic amines is 1. The Morgan fingerprint density at radius 2 is 1.80 bits per heavy atom. The van der Waals surface area contributed by atoms with E-state index in [9.17, 15) is 19.5 Å². The summed E-state index contributed by atoms with van der Waals surface area (Å²) in [6, 6.07) is 14.1. The van der Waals surface area contributed by atoms with Crippen LogP contribution in [0.1, 0.15) is 41.8 Å². The monoisotopic (exact) mass is 474 g/mol. The number of hydrogen-bond donors (Lipinski definition) is 3. The van der Waals surface area contributed by atoms with E-state index in [4.69, 9.17) is 4.74 Å². The molecule has 0 bridgehead atoms. The van der Waals surface area contributed by atoms with Crippen LogP contribution in [0.2, 0.25) is 0 Å². The van der Waals surface area contributed by atoms with Crippen LogP contribution in [0.4, 0.5) is 4.79 Å². The van der Waals surface area contributed by atoms with Gasteiger partial charge in [-0.05, 0) is 28.7 Å². The number of carboxylic acids is 1. The lowest BCUT2D eigenvalue weighted by molar-refractivity contribution is -0.152. The van der Waals surface area contributed by atoms with Crippen LogP contribution < -0.4 is 5.32 Å². The van der Waals surface area contributed by atoms with Crippen molar-refractivity contribution in [1.29, 1.82) is 0 Å². The average molecular weight is 475 g/mol. The Morgan fingerprint density at radius 1 is 1.14 bits per heavy atom. The van der Waals surface area contributed by atoms with Crippen molar-refractivity contribution >= 4 is 18.0 Å². The molecule has 3 N–H and O–H groups in total. The number of H-pyrrole nitrogens is 1. The van der Waals surface area contributed by atoms with Gasteiger partial charge in [0.25, 0.3) is 0 Å². The van der Waals surface area contributed by atoms with Crippen LogP contribution in [-0.4, -0.2) is 56.6 Å². The number of aliphatic carboxylic acids is 1. The fraction of sp³-hybridized carbons (Fsp3) is 0.308. The van der Waals surface area contributed by atoms with E-state index >= 15 is 0 Å². The minimum atomic E-state index is -1.11. The van der Waals surface area contributed by atoms with E-state index < -0.39 is 30.1 Å². The molecule has 180 valence electrons. The Bertz CT molecular complexity index is 1240. The summed E-state index contributed by atoms with van der Waals surface area (Å²) in [6.07, 6.45) is 1.19. The second kappa shape index (κ2) is 9.25. The number of amides is 2. The van der Waals surface area contributed by atoms with Crippen molar-refractivity contribution < 1.29 is 24.2 Å². The second-order valence-electron chi connectivity index (χ2n) is 8.78. The molecular formula is C26H26N4O5. The summed E-state index contributed by atoms with van der Waals surface area (Å²) in [4.78, 5) is 46.2. The fourth-order valence-electron chi connectivity index (χ4n) is 5.01. The molecule has 35 heavy (non-hydrogen) atoms. The Balaban J connectivity index is 1.26. The van der Waals surface area contributed by atoms with Crippen LogP contribution in [0, 0.1) is 0 Å². The van der Waals surface area contributed by atoms with Crippen molar-refractivity contribution in [3.8, 4) is 11.1 Å². The number of carbonyl (C=O) groups is 3. The molecule has 9 nitrogen and oxygen atoms in total. The van der Waals surface area contributed by atoms with E-state index in [2.05, 4.69) is 27.4 Å². The molecule has 1 aromatic heterocycles. The van der Waals surface area contributed by atoms with Crippen molar-refractivity contribution in [2.75, 3.05) is 6.61 Å². The molecule has 2 aromatic carbocycles. The van der Waals surface area contributed by atoms with E-state index in [0.29, 0.717) is 17.8 Å². The van der Waals surface area contributed by atoms with E-state index in [1.54, 1.807) is 6.92 Å². The van der Waals surface area contributed by atoms with Crippen LogP contribution in [0.3, 0.4) is 0 Å². The van der Waals surface area contributed by atoms with E-state index in [0.717, 1.165) is 22.3 Å². The van der Waals surface area contributed by atoms with Gasteiger partial charge in [0.2, 0.25) is 5.91 Å². The maximum atomic E-state index is 13.3. The van der Waals surface area contributed by atoms with Gasteiger partial charge in [0.05, 0.1) is 24.3 Å². The summed E-state index contributed by atoms with van der Waals surface area (Å²) in [7, 11) is 0. The molecule has 0 spiro atoms. The molecule has 3 aromatic rings. The van der Waals surface area contributed by atoms with Crippen LogP contribution in [0.5, 0.6) is 0 Å². The molecule has 2 atom stereocenters. The maximum Gasteiger partial charge on any atom is 0.407 e. The number of aromatic nitrogens is 2. The van der Waals surface area contributed by atoms with Gasteiger partial charge < -0.3 is 25.0 Å². The summed E-state index contributed by atoms with van der Waals surface area (Å²) in [6.45, 7) is 1.98. The molecule has 2 aliphatic rings. The quantitative estimate of drug-likeness (QED) is 0.504. The lowest BCUT2D eigenvalue weighted by Gasteiger charge is -2.34. The Kier molecular flexibility index (Phi) is 5.98. The third-order valence-electron chi connectivity index (χ3n) is 6.81. The zero-order chi connectivity index (χ0) is 24.5. The lowest BCUT2D eigenvalue weighted by Crippen LogP contribution is -2.55. The highest BCUT2D eigenvalue weighted by atomic mass is 16.5. The summed E-state index contributed by atoms with van der Waals surface area (Å²) in [5, 5.41) is 12.3. The lowest BCUT2D eigenvalue weighted by atomic mass is 9.98. The molecule has 5 rings (SSSR count). The maximum absolute atomic E-state index is 13.3. The molecule has 0 saturated heterocycles. The number of carboxylic acid groups (broad SMARTS) is 1. The number of hydrogen-bond acceptors (Lipinski definition) is 5. The second-order valence-corrected chi connectivity index (χ2v) is 8.78. The molecule has 0 radical (unpaired) electrons. The number of nitrogens with one attached hydrogen (secondary N) is 2. The van der Waals surface area contributed by atoms with Gasteiger partial charge in [-0.25, -0.2) is 14.6 Å². The molecule has 2 heterocycles. The van der Waals surface area contributed by atoms with Gasteiger partial charge in [0.15, 0.2) is 0 Å². The van der Waals surface area contributed by atoms with Gasteiger partial charge in [0.1, 0.15) is 18.7 Å². The van der Waals surface area contributed by atoms with E-state index in [-0.39, 0.29) is 25.5 Å². The number of imidazole rings is 1. The minimum Gasteiger partial charge on any atom is -0.480 e. The van der Waals surface area contributed by atoms with Crippen LogP contribution >= 0.6 is 0 Å². The number of fused-ring (bicyclic) bond motifs is 4. The highest BCUT2D eigenvalue weighted by Gasteiger charge is 2.39. The zero-order valence-electron chi connectivity index (χ0n) is 19.2. The Hall–Kier alpha value is -4.14. The van der Waals surface area contributed by atoms with Crippen molar-refractivity contribution in [1.82, 2.24) is 20.2 Å². The van der Waals surface area contributed by atoms with Crippen molar-refractivity contribution in [2.45, 2.75) is 44.3 Å². The first-order valence-electron chi connectivity index (χ1n) is 11.6. The molecule has 1 aliphatic heterocycles. The summed E-state index contributed by atoms with van der Waals surface area (Å²) in [5.74, 6) is -1.67. The Labute approximate surface area is 202 Å². The van der Waals surface area contributed by atoms with Crippen LogP contribution in [0.25, 0.3) is 11.1 Å². The summed E-state index contributed by atoms with van der Waals surface area (Å²) in [5.41, 5.74) is 5.78. The summed E-state index contributed by atoms with van der Waals surface area (Å²) >= 11 is 0. The molecule has 9 heteroatoms. The van der Waals surface area contributed by atoms with Gasteiger partial charge in [-0.1, -0.05) is 55.5 Å². The number of rotatable bonds is 6. The summed E-state index contributed by atoms with van der Waals surface area (Å²) < 4.78 is 5.57. The number of nitrogens with zero attached hydrogens (tertiary/aromatic N) is 2. The van der Waals surface area contributed by atoms with Gasteiger partial charge >= 0.3 is 12.1 Å². The van der Waals surface area contributed by atoms with Crippen molar-refractivity contribution in [3.05, 3.63) is 77.4 Å². The fourth-order valence-corrected chi connectivity index (χ4v) is 5.01. The topological polar surface area (TPSA) is 125 Å². The molecular weight excluding hydrogens is 448 g/mol. The molecule has 2 amide bonds. The largest absolute Gasteiger partial charge is 0.480 e. The Morgan fingerprint density at radius 3 is 2.43 bits per heavy atom. The molecule has 0 saturated carbocycles. The number of alkyl carbamates (subject to hydrolysis) is 1. The first-order valence-corrected chi connectivity index (χ1v) is 11.6. The average Bonchev–Trinajstić information content (AvgIpc) is 3.46. The van der Waals surface area contributed by atoms with Crippen molar-refractivity contribution in [2.24, 2.45) is 0 Å².